The molecule has 33 heavy (non-hydrogen) atoms. The minimum atomic E-state index is 0.559. The van der Waals surface area contributed by atoms with E-state index in [1.807, 2.05) is 0 Å². The van der Waals surface area contributed by atoms with Gasteiger partial charge in [0, 0.05) is 11.6 Å². The summed E-state index contributed by atoms with van der Waals surface area (Å²) in [5, 5.41) is 5.24. The van der Waals surface area contributed by atoms with Crippen LogP contribution in [-0.4, -0.2) is 0 Å². The molecule has 0 unspecified atom stereocenters. The molecule has 0 radical (unpaired) electrons. The van der Waals surface area contributed by atoms with Crippen molar-refractivity contribution in [3.05, 3.63) is 65.4 Å². The summed E-state index contributed by atoms with van der Waals surface area (Å²) >= 11 is 0. The summed E-state index contributed by atoms with van der Waals surface area (Å²) in [7, 11) is 2.18. The van der Waals surface area contributed by atoms with E-state index in [2.05, 4.69) is 81.0 Å². The predicted molar refractivity (Wildman–Crippen MR) is 137 cm³/mol. The van der Waals surface area contributed by atoms with Gasteiger partial charge in [0.2, 0.25) is 5.69 Å². The van der Waals surface area contributed by atoms with Gasteiger partial charge in [-0.15, -0.1) is 0 Å². The maximum Gasteiger partial charge on any atom is 0.228 e. The Labute approximate surface area is 197 Å². The second-order valence-corrected chi connectivity index (χ2v) is 10.7. The van der Waals surface area contributed by atoms with Crippen LogP contribution in [0.2, 0.25) is 0 Å². The van der Waals surface area contributed by atoms with Gasteiger partial charge in [0.15, 0.2) is 6.20 Å². The predicted octanol–water partition coefficient (Wildman–Crippen LogP) is 7.83. The number of nitrogens with zero attached hydrogens (tertiary/aromatic N) is 1. The minimum absolute atomic E-state index is 0.559. The minimum Gasteiger partial charge on any atom is -0.455 e. The van der Waals surface area contributed by atoms with Crippen LogP contribution in [0.1, 0.15) is 56.2 Å². The van der Waals surface area contributed by atoms with Gasteiger partial charge in [-0.1, -0.05) is 69.9 Å². The summed E-state index contributed by atoms with van der Waals surface area (Å²) in [6.45, 7) is 6.87. The number of rotatable bonds is 4. The van der Waals surface area contributed by atoms with Crippen molar-refractivity contribution in [3.8, 4) is 22.8 Å². The second-order valence-electron chi connectivity index (χ2n) is 10.7. The second kappa shape index (κ2) is 7.87. The van der Waals surface area contributed by atoms with Crippen LogP contribution in [0.5, 0.6) is 11.5 Å². The van der Waals surface area contributed by atoms with Crippen molar-refractivity contribution in [2.24, 2.45) is 18.9 Å². The molecule has 1 aliphatic carbocycles. The highest BCUT2D eigenvalue weighted by atomic mass is 16.5. The standard InChI is InChI=1S/C31H34NO/c1-19(2)15-26-25-12-8-7-11-24(25)20(3)28-30-29-23(13-14-32(30)4)17-22(16-21-9-5-6-10-21)18-27(29)33-31(26)28/h7-8,11-14,17-19,21H,5-6,9-10,15-16H2,1-4H3/q+1. The molecule has 1 aromatic heterocycles. The zero-order valence-electron chi connectivity index (χ0n) is 20.4. The molecule has 0 amide bonds. The molecule has 0 bridgehead atoms. The lowest BCUT2D eigenvalue weighted by molar-refractivity contribution is -0.659. The first kappa shape index (κ1) is 20.7. The van der Waals surface area contributed by atoms with Crippen molar-refractivity contribution >= 4 is 21.5 Å². The molecule has 1 aliphatic heterocycles. The van der Waals surface area contributed by atoms with Crippen LogP contribution in [0, 0.1) is 18.8 Å². The average Bonchev–Trinajstić information content (AvgIpc) is 3.31. The van der Waals surface area contributed by atoms with Gasteiger partial charge in [0.05, 0.1) is 10.9 Å². The number of hydrogen-bond acceptors (Lipinski definition) is 1. The Kier molecular flexibility index (Phi) is 4.94. The molecular weight excluding hydrogens is 402 g/mol. The van der Waals surface area contributed by atoms with Crippen molar-refractivity contribution in [2.75, 3.05) is 0 Å². The largest absolute Gasteiger partial charge is 0.455 e. The topological polar surface area (TPSA) is 13.1 Å². The maximum absolute atomic E-state index is 6.92. The van der Waals surface area contributed by atoms with Gasteiger partial charge in [0.1, 0.15) is 18.5 Å². The van der Waals surface area contributed by atoms with Crippen molar-refractivity contribution in [2.45, 2.75) is 59.3 Å². The Morgan fingerprint density at radius 3 is 2.55 bits per heavy atom. The third kappa shape index (κ3) is 3.34. The fourth-order valence-electron chi connectivity index (χ4n) is 6.34. The Morgan fingerprint density at radius 1 is 1.03 bits per heavy atom. The summed E-state index contributed by atoms with van der Waals surface area (Å²) in [5.41, 5.74) is 6.66. The molecule has 2 heterocycles. The number of aromatic nitrogens is 1. The molecule has 168 valence electrons. The molecular formula is C31H34NO+. The van der Waals surface area contributed by atoms with Crippen LogP contribution < -0.4 is 9.30 Å². The first-order chi connectivity index (χ1) is 16.0. The highest BCUT2D eigenvalue weighted by molar-refractivity contribution is 6.06. The Bertz CT molecular complexity index is 1390. The third-order valence-electron chi connectivity index (χ3n) is 7.85. The molecule has 3 aromatic carbocycles. The van der Waals surface area contributed by atoms with Gasteiger partial charge in [-0.25, -0.2) is 4.57 Å². The number of benzene rings is 3. The monoisotopic (exact) mass is 436 g/mol. The molecule has 1 fully saturated rings. The maximum atomic E-state index is 6.92. The quantitative estimate of drug-likeness (QED) is 0.262. The summed E-state index contributed by atoms with van der Waals surface area (Å²) in [4.78, 5) is 0. The average molecular weight is 437 g/mol. The van der Waals surface area contributed by atoms with Gasteiger partial charge in [-0.2, -0.15) is 0 Å². The van der Waals surface area contributed by atoms with Gasteiger partial charge in [-0.3, -0.25) is 0 Å². The normalized spacial score (nSPS) is 15.4. The van der Waals surface area contributed by atoms with E-state index in [0.717, 1.165) is 23.8 Å². The Morgan fingerprint density at radius 2 is 1.79 bits per heavy atom. The van der Waals surface area contributed by atoms with E-state index in [9.17, 15) is 0 Å². The number of ether oxygens (including phenoxy) is 1. The fraction of sp³-hybridized carbons (Fsp3) is 0.387. The molecule has 0 N–H and O–H groups in total. The number of hydrogen-bond donors (Lipinski definition) is 0. The zero-order valence-corrected chi connectivity index (χ0v) is 20.4. The molecule has 1 saturated carbocycles. The molecule has 2 aliphatic rings. The van der Waals surface area contributed by atoms with Crippen LogP contribution in [0.25, 0.3) is 32.8 Å². The zero-order chi connectivity index (χ0) is 22.7. The van der Waals surface area contributed by atoms with Crippen LogP contribution >= 0.6 is 0 Å². The van der Waals surface area contributed by atoms with Gasteiger partial charge in [-0.05, 0) is 65.0 Å². The van der Waals surface area contributed by atoms with Gasteiger partial charge in [0.25, 0.3) is 0 Å². The van der Waals surface area contributed by atoms with E-state index in [1.165, 1.54) is 81.6 Å². The fourth-order valence-corrected chi connectivity index (χ4v) is 6.34. The van der Waals surface area contributed by atoms with E-state index in [-0.39, 0.29) is 0 Å². The van der Waals surface area contributed by atoms with Crippen LogP contribution in [-0.2, 0) is 19.9 Å². The van der Waals surface area contributed by atoms with Crippen molar-refractivity contribution in [1.82, 2.24) is 0 Å². The van der Waals surface area contributed by atoms with Crippen LogP contribution in [0.4, 0.5) is 0 Å². The lowest BCUT2D eigenvalue weighted by atomic mass is 9.85. The molecule has 2 heteroatoms. The van der Waals surface area contributed by atoms with E-state index in [0.29, 0.717) is 5.92 Å². The molecule has 2 nitrogen and oxygen atoms in total. The lowest BCUT2D eigenvalue weighted by Gasteiger charge is -2.26. The van der Waals surface area contributed by atoms with E-state index in [4.69, 9.17) is 4.74 Å². The summed E-state index contributed by atoms with van der Waals surface area (Å²) in [5.74, 6) is 3.50. The Balaban J connectivity index is 1.64. The van der Waals surface area contributed by atoms with Crippen molar-refractivity contribution in [3.63, 3.8) is 0 Å². The van der Waals surface area contributed by atoms with Crippen molar-refractivity contribution < 1.29 is 9.30 Å². The van der Waals surface area contributed by atoms with E-state index in [1.54, 1.807) is 0 Å². The SMILES string of the molecule is Cc1c2c(c(CC(C)C)c3ccccc13)Oc1cc(CC3CCCC3)cc3cc[n+](C)c-2c13. The summed E-state index contributed by atoms with van der Waals surface area (Å²) < 4.78 is 9.21. The Hall–Kier alpha value is -2.87. The summed E-state index contributed by atoms with van der Waals surface area (Å²) in [6, 6.07) is 15.9. The van der Waals surface area contributed by atoms with E-state index >= 15 is 0 Å². The van der Waals surface area contributed by atoms with Gasteiger partial charge >= 0.3 is 0 Å². The van der Waals surface area contributed by atoms with Crippen molar-refractivity contribution in [1.29, 1.82) is 0 Å². The molecule has 0 atom stereocenters. The van der Waals surface area contributed by atoms with Crippen LogP contribution in [0.15, 0.2) is 48.7 Å². The van der Waals surface area contributed by atoms with E-state index < -0.39 is 0 Å². The number of pyridine rings is 1. The molecule has 4 aromatic rings. The highest BCUT2D eigenvalue weighted by Crippen LogP contribution is 2.51. The molecule has 6 rings (SSSR count). The number of aryl methyl sites for hydroxylation is 2. The lowest BCUT2D eigenvalue weighted by Crippen LogP contribution is -2.32. The number of fused-ring (bicyclic) bond motifs is 3. The molecule has 0 spiro atoms. The van der Waals surface area contributed by atoms with Crippen LogP contribution in [0.3, 0.4) is 0 Å². The smallest absolute Gasteiger partial charge is 0.228 e. The summed E-state index contributed by atoms with van der Waals surface area (Å²) in [6.07, 6.45) is 9.93. The first-order valence-corrected chi connectivity index (χ1v) is 12.7. The molecule has 0 saturated heterocycles. The van der Waals surface area contributed by atoms with Gasteiger partial charge < -0.3 is 4.74 Å². The highest BCUT2D eigenvalue weighted by Gasteiger charge is 2.33. The first-order valence-electron chi connectivity index (χ1n) is 12.7. The third-order valence-corrected chi connectivity index (χ3v) is 7.85.